The number of hydrogen-bond donors (Lipinski definition) is 0. The molecule has 24 heavy (non-hydrogen) atoms. The minimum Gasteiger partial charge on any atom is -0.486 e. The summed E-state index contributed by atoms with van der Waals surface area (Å²) < 4.78 is 11.3. The van der Waals surface area contributed by atoms with Crippen LogP contribution < -0.4 is 14.4 Å². The molecule has 3 rings (SSSR count). The predicted molar refractivity (Wildman–Crippen MR) is 85.6 cm³/mol. The van der Waals surface area contributed by atoms with Gasteiger partial charge in [-0.25, -0.2) is 9.97 Å². The number of nitriles is 2. The van der Waals surface area contributed by atoms with E-state index in [4.69, 9.17) is 20.0 Å². The Morgan fingerprint density at radius 1 is 1.17 bits per heavy atom. The molecule has 1 aliphatic heterocycles. The van der Waals surface area contributed by atoms with Crippen molar-refractivity contribution in [3.05, 3.63) is 41.3 Å². The fourth-order valence-corrected chi connectivity index (χ4v) is 2.51. The summed E-state index contributed by atoms with van der Waals surface area (Å²) in [5.74, 6) is 2.02. The first-order valence-corrected chi connectivity index (χ1v) is 7.56. The summed E-state index contributed by atoms with van der Waals surface area (Å²) in [6.45, 7) is 4.25. The number of rotatable bonds is 4. The van der Waals surface area contributed by atoms with Crippen molar-refractivity contribution in [1.82, 2.24) is 9.97 Å². The Kier molecular flexibility index (Phi) is 4.44. The molecule has 2 heterocycles. The van der Waals surface area contributed by atoms with E-state index >= 15 is 0 Å². The lowest BCUT2D eigenvalue weighted by molar-refractivity contribution is 0.170. The third-order valence-electron chi connectivity index (χ3n) is 3.69. The predicted octanol–water partition coefficient (Wildman–Crippen LogP) is 2.02. The molecule has 0 radical (unpaired) electrons. The van der Waals surface area contributed by atoms with E-state index in [1.807, 2.05) is 42.2 Å². The van der Waals surface area contributed by atoms with Crippen LogP contribution >= 0.6 is 0 Å². The number of anilines is 1. The Morgan fingerprint density at radius 3 is 2.71 bits per heavy atom. The number of ether oxygens (including phenoxy) is 2. The van der Waals surface area contributed by atoms with Gasteiger partial charge < -0.3 is 14.4 Å². The molecule has 0 bridgehead atoms. The molecule has 1 aromatic heterocycles. The highest BCUT2D eigenvalue weighted by molar-refractivity contribution is 5.50. The molecule has 0 saturated carbocycles. The van der Waals surface area contributed by atoms with Gasteiger partial charge in [0.25, 0.3) is 0 Å². The van der Waals surface area contributed by atoms with Gasteiger partial charge >= 0.3 is 0 Å². The van der Waals surface area contributed by atoms with Gasteiger partial charge in [-0.05, 0) is 13.0 Å². The number of fused-ring (bicyclic) bond motifs is 1. The van der Waals surface area contributed by atoms with Crippen molar-refractivity contribution >= 4 is 5.82 Å². The maximum Gasteiger partial charge on any atom is 0.179 e. The van der Waals surface area contributed by atoms with E-state index in [2.05, 4.69) is 9.97 Å². The highest BCUT2D eigenvalue weighted by atomic mass is 16.6. The van der Waals surface area contributed by atoms with E-state index in [1.54, 1.807) is 0 Å². The summed E-state index contributed by atoms with van der Waals surface area (Å²) in [5, 5.41) is 18.1. The monoisotopic (exact) mass is 321 g/mol. The van der Waals surface area contributed by atoms with Crippen LogP contribution in [0, 0.1) is 22.7 Å². The Morgan fingerprint density at radius 2 is 1.96 bits per heavy atom. The number of nitrogens with zero attached hydrogens (tertiary/aromatic N) is 5. The van der Waals surface area contributed by atoms with Crippen molar-refractivity contribution in [3.8, 4) is 23.6 Å². The highest BCUT2D eigenvalue weighted by Gasteiger charge is 2.18. The van der Waals surface area contributed by atoms with Crippen LogP contribution in [0.15, 0.2) is 24.4 Å². The lowest BCUT2D eigenvalue weighted by atomic mass is 10.1. The van der Waals surface area contributed by atoms with Crippen molar-refractivity contribution in [2.24, 2.45) is 0 Å². The van der Waals surface area contributed by atoms with Gasteiger partial charge in [-0.1, -0.05) is 12.1 Å². The SMILES string of the molecule is CCN(Cc1cccc2c1OCCO2)c1cnc(C#N)c(C#N)n1. The average molecular weight is 321 g/mol. The molecule has 0 fully saturated rings. The normalized spacial score (nSPS) is 12.1. The van der Waals surface area contributed by atoms with Gasteiger partial charge in [0.1, 0.15) is 31.2 Å². The van der Waals surface area contributed by atoms with Crippen molar-refractivity contribution in [2.45, 2.75) is 13.5 Å². The second-order valence-corrected chi connectivity index (χ2v) is 5.10. The van der Waals surface area contributed by atoms with Crippen LogP contribution in [0.3, 0.4) is 0 Å². The van der Waals surface area contributed by atoms with E-state index < -0.39 is 0 Å². The standard InChI is InChI=1S/C17H15N5O2/c1-2-22(16-10-20-13(8-18)14(9-19)21-16)11-12-4-3-5-15-17(12)24-7-6-23-15/h3-5,10H,2,6-7,11H2,1H3. The Hall–Kier alpha value is -3.32. The minimum absolute atomic E-state index is 0.0307. The zero-order valence-corrected chi connectivity index (χ0v) is 13.2. The van der Waals surface area contributed by atoms with E-state index in [9.17, 15) is 0 Å². The largest absolute Gasteiger partial charge is 0.486 e. The van der Waals surface area contributed by atoms with Crippen molar-refractivity contribution in [3.63, 3.8) is 0 Å². The Balaban J connectivity index is 1.91. The number of hydrogen-bond acceptors (Lipinski definition) is 7. The average Bonchev–Trinajstić information content (AvgIpc) is 2.65. The lowest BCUT2D eigenvalue weighted by Gasteiger charge is -2.25. The summed E-state index contributed by atoms with van der Waals surface area (Å²) in [5.41, 5.74) is 1.04. The first-order valence-electron chi connectivity index (χ1n) is 7.56. The molecule has 0 atom stereocenters. The maximum absolute atomic E-state index is 9.12. The Bertz CT molecular complexity index is 838. The van der Waals surface area contributed by atoms with Crippen molar-refractivity contribution < 1.29 is 9.47 Å². The molecule has 0 aliphatic carbocycles. The van der Waals surface area contributed by atoms with Gasteiger partial charge in [-0.3, -0.25) is 0 Å². The van der Waals surface area contributed by atoms with Crippen LogP contribution in [0.5, 0.6) is 11.5 Å². The van der Waals surface area contributed by atoms with E-state index in [0.717, 1.165) is 17.1 Å². The summed E-state index contributed by atoms with van der Waals surface area (Å²) in [6, 6.07) is 9.55. The van der Waals surface area contributed by atoms with Gasteiger partial charge in [0, 0.05) is 18.7 Å². The third kappa shape index (κ3) is 2.92. The fourth-order valence-electron chi connectivity index (χ4n) is 2.51. The second-order valence-electron chi connectivity index (χ2n) is 5.10. The van der Waals surface area contributed by atoms with Crippen LogP contribution in [0.1, 0.15) is 23.9 Å². The lowest BCUT2D eigenvalue weighted by Crippen LogP contribution is -2.25. The zero-order valence-electron chi connectivity index (χ0n) is 13.2. The molecule has 120 valence electrons. The molecule has 0 amide bonds. The van der Waals surface area contributed by atoms with Crippen molar-refractivity contribution in [2.75, 3.05) is 24.7 Å². The summed E-state index contributed by atoms with van der Waals surface area (Å²) in [6.07, 6.45) is 1.51. The third-order valence-corrected chi connectivity index (χ3v) is 3.69. The molecule has 0 saturated heterocycles. The van der Waals surface area contributed by atoms with E-state index in [1.165, 1.54) is 6.20 Å². The molecule has 1 aliphatic rings. The number of benzene rings is 1. The molecule has 7 nitrogen and oxygen atoms in total. The highest BCUT2D eigenvalue weighted by Crippen LogP contribution is 2.34. The minimum atomic E-state index is 0.0307. The van der Waals surface area contributed by atoms with Gasteiger partial charge in [0.05, 0.1) is 6.20 Å². The number of para-hydroxylation sites is 1. The second kappa shape index (κ2) is 6.84. The molecule has 0 N–H and O–H groups in total. The first-order chi connectivity index (χ1) is 11.8. The van der Waals surface area contributed by atoms with Gasteiger partial charge in [-0.2, -0.15) is 10.5 Å². The van der Waals surface area contributed by atoms with E-state index in [-0.39, 0.29) is 11.4 Å². The smallest absolute Gasteiger partial charge is 0.179 e. The molecule has 0 unspecified atom stereocenters. The topological polar surface area (TPSA) is 95.1 Å². The van der Waals surface area contributed by atoms with E-state index in [0.29, 0.717) is 32.1 Å². The molecule has 7 heteroatoms. The van der Waals surface area contributed by atoms with Crippen LogP contribution in [0.4, 0.5) is 5.82 Å². The molecular weight excluding hydrogens is 306 g/mol. The Labute approximate surface area is 139 Å². The molecular formula is C17H15N5O2. The van der Waals surface area contributed by atoms with Crippen LogP contribution in [0.2, 0.25) is 0 Å². The summed E-state index contributed by atoms with van der Waals surface area (Å²) in [4.78, 5) is 10.2. The maximum atomic E-state index is 9.12. The summed E-state index contributed by atoms with van der Waals surface area (Å²) >= 11 is 0. The molecule has 0 spiro atoms. The molecule has 2 aromatic rings. The number of aromatic nitrogens is 2. The quantitative estimate of drug-likeness (QED) is 0.850. The zero-order chi connectivity index (χ0) is 16.9. The fraction of sp³-hybridized carbons (Fsp3) is 0.294. The summed E-state index contributed by atoms with van der Waals surface area (Å²) in [7, 11) is 0. The van der Waals surface area contributed by atoms with Crippen molar-refractivity contribution in [1.29, 1.82) is 10.5 Å². The van der Waals surface area contributed by atoms with Crippen LogP contribution in [0.25, 0.3) is 0 Å². The van der Waals surface area contributed by atoms with Gasteiger partial charge in [0.15, 0.2) is 22.9 Å². The first kappa shape index (κ1) is 15.6. The van der Waals surface area contributed by atoms with Crippen LogP contribution in [-0.2, 0) is 6.54 Å². The van der Waals surface area contributed by atoms with Gasteiger partial charge in [0.2, 0.25) is 0 Å². The molecule has 1 aromatic carbocycles. The van der Waals surface area contributed by atoms with Crippen LogP contribution in [-0.4, -0.2) is 29.7 Å². The van der Waals surface area contributed by atoms with Gasteiger partial charge in [-0.15, -0.1) is 0 Å².